The highest BCUT2D eigenvalue weighted by Gasteiger charge is 2.47. The molecule has 17 heavy (non-hydrogen) atoms. The van der Waals surface area contributed by atoms with Crippen LogP contribution in [-0.2, 0) is 20.0 Å². The molecule has 0 radical (unpaired) electrons. The van der Waals surface area contributed by atoms with Crippen LogP contribution in [0.15, 0.2) is 29.2 Å². The van der Waals surface area contributed by atoms with E-state index in [9.17, 15) is 13.2 Å². The van der Waals surface area contributed by atoms with Crippen LogP contribution in [0.3, 0.4) is 0 Å². The maximum atomic E-state index is 11.7. The van der Waals surface area contributed by atoms with Gasteiger partial charge in [0.15, 0.2) is 9.84 Å². The third-order valence-electron chi connectivity index (χ3n) is 3.20. The lowest BCUT2D eigenvalue weighted by Gasteiger charge is -2.16. The standard InChI is InChI=1S/C12H14O4S/c1-17(15,16)10-5-3-2-4-9(10)12(6-7-12)8-11(13)14/h2-5H,6-8H2,1H3,(H,13,14). The minimum absolute atomic E-state index is 0.000463. The number of benzene rings is 1. The van der Waals surface area contributed by atoms with Crippen molar-refractivity contribution in [2.45, 2.75) is 29.6 Å². The van der Waals surface area contributed by atoms with Gasteiger partial charge in [-0.2, -0.15) is 0 Å². The minimum atomic E-state index is -3.31. The topological polar surface area (TPSA) is 71.4 Å². The summed E-state index contributed by atoms with van der Waals surface area (Å²) in [6, 6.07) is 6.70. The molecule has 1 fully saturated rings. The smallest absolute Gasteiger partial charge is 0.304 e. The number of carboxylic acid groups (broad SMARTS) is 1. The zero-order chi connectivity index (χ0) is 12.7. The van der Waals surface area contributed by atoms with Gasteiger partial charge in [0.2, 0.25) is 0 Å². The predicted molar refractivity (Wildman–Crippen MR) is 62.7 cm³/mol. The fourth-order valence-corrected chi connectivity index (χ4v) is 3.22. The van der Waals surface area contributed by atoms with Crippen molar-refractivity contribution in [3.05, 3.63) is 29.8 Å². The minimum Gasteiger partial charge on any atom is -0.481 e. The number of hydrogen-bond donors (Lipinski definition) is 1. The lowest BCUT2D eigenvalue weighted by atomic mass is 9.92. The van der Waals surface area contributed by atoms with E-state index in [1.807, 2.05) is 0 Å². The molecule has 0 atom stereocenters. The van der Waals surface area contributed by atoms with Gasteiger partial charge in [0, 0.05) is 11.7 Å². The first-order valence-corrected chi connectivity index (χ1v) is 7.26. The quantitative estimate of drug-likeness (QED) is 0.885. The molecule has 0 aliphatic heterocycles. The van der Waals surface area contributed by atoms with Gasteiger partial charge in [0.25, 0.3) is 0 Å². The van der Waals surface area contributed by atoms with E-state index < -0.39 is 21.2 Å². The summed E-state index contributed by atoms with van der Waals surface area (Å²) in [7, 11) is -3.31. The van der Waals surface area contributed by atoms with Crippen LogP contribution in [0, 0.1) is 0 Å². The third-order valence-corrected chi connectivity index (χ3v) is 4.36. The molecule has 0 amide bonds. The summed E-state index contributed by atoms with van der Waals surface area (Å²) in [5, 5.41) is 8.89. The molecular weight excluding hydrogens is 240 g/mol. The van der Waals surface area contributed by atoms with Crippen LogP contribution in [0.1, 0.15) is 24.8 Å². The van der Waals surface area contributed by atoms with Crippen LogP contribution in [-0.4, -0.2) is 25.7 Å². The van der Waals surface area contributed by atoms with Gasteiger partial charge in [-0.3, -0.25) is 4.79 Å². The maximum absolute atomic E-state index is 11.7. The summed E-state index contributed by atoms with van der Waals surface area (Å²) >= 11 is 0. The van der Waals surface area contributed by atoms with Crippen molar-refractivity contribution in [1.29, 1.82) is 0 Å². The molecule has 1 aliphatic rings. The zero-order valence-corrected chi connectivity index (χ0v) is 10.3. The Hall–Kier alpha value is -1.36. The Morgan fingerprint density at radius 3 is 2.41 bits per heavy atom. The molecule has 4 nitrogen and oxygen atoms in total. The molecule has 1 aromatic rings. The van der Waals surface area contributed by atoms with Crippen molar-refractivity contribution >= 4 is 15.8 Å². The molecule has 92 valence electrons. The molecule has 1 saturated carbocycles. The number of carboxylic acids is 1. The molecule has 2 rings (SSSR count). The zero-order valence-electron chi connectivity index (χ0n) is 9.51. The van der Waals surface area contributed by atoms with Crippen molar-refractivity contribution in [2.75, 3.05) is 6.26 Å². The summed E-state index contributed by atoms with van der Waals surface area (Å²) in [5.41, 5.74) is 0.191. The number of carbonyl (C=O) groups is 1. The molecule has 1 aromatic carbocycles. The first-order chi connectivity index (χ1) is 7.85. The number of aliphatic carboxylic acids is 1. The second-order valence-electron chi connectivity index (χ2n) is 4.62. The molecule has 1 aliphatic carbocycles. The number of rotatable bonds is 4. The monoisotopic (exact) mass is 254 g/mol. The van der Waals surface area contributed by atoms with Gasteiger partial charge in [0.1, 0.15) is 0 Å². The maximum Gasteiger partial charge on any atom is 0.304 e. The van der Waals surface area contributed by atoms with Crippen molar-refractivity contribution in [1.82, 2.24) is 0 Å². The van der Waals surface area contributed by atoms with Crippen LogP contribution in [0.2, 0.25) is 0 Å². The molecule has 1 N–H and O–H groups in total. The SMILES string of the molecule is CS(=O)(=O)c1ccccc1C1(CC(=O)O)CC1. The van der Waals surface area contributed by atoms with Crippen LogP contribution in [0.4, 0.5) is 0 Å². The van der Waals surface area contributed by atoms with Gasteiger partial charge >= 0.3 is 5.97 Å². The van der Waals surface area contributed by atoms with E-state index in [0.717, 1.165) is 19.1 Å². The summed E-state index contributed by atoms with van der Waals surface area (Å²) < 4.78 is 23.3. The first-order valence-electron chi connectivity index (χ1n) is 5.37. The molecule has 0 unspecified atom stereocenters. The van der Waals surface area contributed by atoms with Gasteiger partial charge in [0.05, 0.1) is 11.3 Å². The fraction of sp³-hybridized carbons (Fsp3) is 0.417. The summed E-state index contributed by atoms with van der Waals surface area (Å²) in [6.07, 6.45) is 2.64. The van der Waals surface area contributed by atoms with Gasteiger partial charge in [-0.25, -0.2) is 8.42 Å². The van der Waals surface area contributed by atoms with Gasteiger partial charge < -0.3 is 5.11 Å². The Bertz CT molecular complexity index is 556. The lowest BCUT2D eigenvalue weighted by molar-refractivity contribution is -0.137. The largest absolute Gasteiger partial charge is 0.481 e. The number of sulfone groups is 1. The van der Waals surface area contributed by atoms with Crippen LogP contribution in [0.25, 0.3) is 0 Å². The molecule has 0 aromatic heterocycles. The molecule has 5 heteroatoms. The van der Waals surface area contributed by atoms with Crippen LogP contribution < -0.4 is 0 Å². The summed E-state index contributed by atoms with van der Waals surface area (Å²) in [5.74, 6) is -0.884. The fourth-order valence-electron chi connectivity index (χ4n) is 2.21. The Kier molecular flexibility index (Phi) is 2.73. The highest BCUT2D eigenvalue weighted by atomic mass is 32.2. The van der Waals surface area contributed by atoms with E-state index in [2.05, 4.69) is 0 Å². The van der Waals surface area contributed by atoms with Gasteiger partial charge in [-0.15, -0.1) is 0 Å². The molecular formula is C12H14O4S. The van der Waals surface area contributed by atoms with E-state index in [4.69, 9.17) is 5.11 Å². The van der Waals surface area contributed by atoms with E-state index in [0.29, 0.717) is 5.56 Å². The van der Waals surface area contributed by atoms with E-state index in [-0.39, 0.29) is 11.3 Å². The Morgan fingerprint density at radius 1 is 1.35 bits per heavy atom. The summed E-state index contributed by atoms with van der Waals surface area (Å²) in [4.78, 5) is 11.1. The normalized spacial score (nSPS) is 17.7. The van der Waals surface area contributed by atoms with E-state index in [1.54, 1.807) is 24.3 Å². The van der Waals surface area contributed by atoms with Crippen LogP contribution in [0.5, 0.6) is 0 Å². The molecule has 0 saturated heterocycles. The Balaban J connectivity index is 2.50. The van der Waals surface area contributed by atoms with E-state index in [1.165, 1.54) is 0 Å². The highest BCUT2D eigenvalue weighted by molar-refractivity contribution is 7.90. The highest BCUT2D eigenvalue weighted by Crippen LogP contribution is 2.52. The first kappa shape index (κ1) is 12.1. The second-order valence-corrected chi connectivity index (χ2v) is 6.60. The molecule has 0 heterocycles. The summed E-state index contributed by atoms with van der Waals surface area (Å²) in [6.45, 7) is 0. The van der Waals surface area contributed by atoms with Crippen molar-refractivity contribution in [3.63, 3.8) is 0 Å². The van der Waals surface area contributed by atoms with Gasteiger partial charge in [-0.1, -0.05) is 18.2 Å². The number of hydrogen-bond acceptors (Lipinski definition) is 3. The van der Waals surface area contributed by atoms with Crippen molar-refractivity contribution in [3.8, 4) is 0 Å². The van der Waals surface area contributed by atoms with Crippen LogP contribution >= 0.6 is 0 Å². The van der Waals surface area contributed by atoms with Crippen molar-refractivity contribution in [2.24, 2.45) is 0 Å². The lowest BCUT2D eigenvalue weighted by Crippen LogP contribution is -2.16. The van der Waals surface area contributed by atoms with E-state index >= 15 is 0 Å². The predicted octanol–water partition coefficient (Wildman–Crippen LogP) is 1.60. The average Bonchev–Trinajstić information content (AvgIpc) is 2.97. The third kappa shape index (κ3) is 2.34. The molecule has 0 spiro atoms. The Labute approximate surface area is 100 Å². The Morgan fingerprint density at radius 2 is 1.94 bits per heavy atom. The molecule has 0 bridgehead atoms. The second kappa shape index (κ2) is 3.84. The van der Waals surface area contributed by atoms with Crippen molar-refractivity contribution < 1.29 is 18.3 Å². The van der Waals surface area contributed by atoms with Gasteiger partial charge in [-0.05, 0) is 24.5 Å². The average molecular weight is 254 g/mol.